The van der Waals surface area contributed by atoms with Gasteiger partial charge in [-0.3, -0.25) is 0 Å². The summed E-state index contributed by atoms with van der Waals surface area (Å²) in [7, 11) is 0. The molecule has 2 rings (SSSR count). The lowest BCUT2D eigenvalue weighted by Gasteiger charge is -1.86. The molecule has 0 spiro atoms. The Kier molecular flexibility index (Phi) is 1.29. The lowest BCUT2D eigenvalue weighted by Crippen LogP contribution is -1.89. The number of hydrogen-bond donors (Lipinski definition) is 0. The maximum Gasteiger partial charge on any atom is 0.287 e. The van der Waals surface area contributed by atoms with Crippen LogP contribution in [0.2, 0.25) is 0 Å². The van der Waals surface area contributed by atoms with E-state index >= 15 is 0 Å². The highest BCUT2D eigenvalue weighted by atomic mass is 16.4. The van der Waals surface area contributed by atoms with Crippen LogP contribution >= 0.6 is 0 Å². The van der Waals surface area contributed by atoms with E-state index in [1.807, 2.05) is 0 Å². The van der Waals surface area contributed by atoms with Gasteiger partial charge < -0.3 is 4.42 Å². The normalized spacial score (nSPS) is 9.82. The molecule has 0 aromatic carbocycles. The van der Waals surface area contributed by atoms with Gasteiger partial charge in [0.1, 0.15) is 0 Å². The van der Waals surface area contributed by atoms with Crippen molar-refractivity contribution in [2.75, 3.05) is 0 Å². The molecule has 11 heavy (non-hydrogen) atoms. The van der Waals surface area contributed by atoms with Gasteiger partial charge in [0.15, 0.2) is 0 Å². The third-order valence-corrected chi connectivity index (χ3v) is 1.03. The lowest BCUT2D eigenvalue weighted by atomic mass is 10.6. The van der Waals surface area contributed by atoms with Crippen molar-refractivity contribution < 1.29 is 4.42 Å². The molecule has 0 saturated carbocycles. The maximum atomic E-state index is 4.83. The Morgan fingerprint density at radius 3 is 2.73 bits per heavy atom. The quantitative estimate of drug-likeness (QED) is 0.564. The van der Waals surface area contributed by atoms with Crippen molar-refractivity contribution in [3.63, 3.8) is 0 Å². The molecule has 0 aliphatic carbocycles. The second-order valence-corrected chi connectivity index (χ2v) is 1.71. The molecule has 2 aromatic heterocycles. The van der Waals surface area contributed by atoms with Crippen molar-refractivity contribution in [3.8, 4) is 11.7 Å². The molecule has 0 radical (unpaired) electrons. The molecule has 0 unspecified atom stereocenters. The minimum atomic E-state index is 0.276. The molecule has 0 saturated heterocycles. The average molecular weight is 149 g/mol. The van der Waals surface area contributed by atoms with Crippen molar-refractivity contribution in [1.29, 1.82) is 0 Å². The maximum absolute atomic E-state index is 4.83. The van der Waals surface area contributed by atoms with Crippen LogP contribution in [0.1, 0.15) is 0 Å². The fraction of sp³-hybridized carbons (Fsp3) is 0. The van der Waals surface area contributed by atoms with Crippen molar-refractivity contribution in [3.05, 3.63) is 18.8 Å². The molecule has 0 fully saturated rings. The van der Waals surface area contributed by atoms with Gasteiger partial charge in [0, 0.05) is 6.20 Å². The molecular formula is C5H3N5O. The van der Waals surface area contributed by atoms with Crippen molar-refractivity contribution in [2.24, 2.45) is 0 Å². The SMILES string of the molecule is c1cnc(-c2nnco2)nn1. The van der Waals surface area contributed by atoms with Crippen LogP contribution in [0.15, 0.2) is 23.2 Å². The summed E-state index contributed by atoms with van der Waals surface area (Å²) in [6, 6.07) is 0. The van der Waals surface area contributed by atoms with Gasteiger partial charge in [0.25, 0.3) is 5.89 Å². The minimum absolute atomic E-state index is 0.276. The zero-order valence-corrected chi connectivity index (χ0v) is 5.38. The number of aromatic nitrogens is 5. The van der Waals surface area contributed by atoms with E-state index in [9.17, 15) is 0 Å². The van der Waals surface area contributed by atoms with E-state index in [4.69, 9.17) is 4.42 Å². The Balaban J connectivity index is 2.46. The van der Waals surface area contributed by atoms with Gasteiger partial charge in [0.2, 0.25) is 12.2 Å². The Labute approximate surface area is 61.3 Å². The molecule has 0 aliphatic heterocycles. The molecule has 6 nitrogen and oxygen atoms in total. The summed E-state index contributed by atoms with van der Waals surface area (Å²) < 4.78 is 4.83. The largest absolute Gasteiger partial charge is 0.421 e. The standard InChI is InChI=1S/C5H3N5O/c1-2-7-9-4(6-1)5-10-8-3-11-5/h1-3H. The van der Waals surface area contributed by atoms with Gasteiger partial charge in [-0.2, -0.15) is 5.10 Å². The summed E-state index contributed by atoms with van der Waals surface area (Å²) in [5.41, 5.74) is 0. The van der Waals surface area contributed by atoms with Crippen LogP contribution in [0.25, 0.3) is 11.7 Å². The van der Waals surface area contributed by atoms with Crippen LogP contribution in [0, 0.1) is 0 Å². The smallest absolute Gasteiger partial charge is 0.287 e. The van der Waals surface area contributed by atoms with Crippen molar-refractivity contribution in [1.82, 2.24) is 25.4 Å². The van der Waals surface area contributed by atoms with Gasteiger partial charge in [-0.15, -0.1) is 15.3 Å². The van der Waals surface area contributed by atoms with E-state index in [2.05, 4.69) is 25.4 Å². The summed E-state index contributed by atoms with van der Waals surface area (Å²) in [4.78, 5) is 3.85. The highest BCUT2D eigenvalue weighted by Crippen LogP contribution is 2.05. The van der Waals surface area contributed by atoms with Gasteiger partial charge in [-0.1, -0.05) is 0 Å². The Morgan fingerprint density at radius 2 is 2.09 bits per heavy atom. The first-order valence-electron chi connectivity index (χ1n) is 2.87. The molecule has 2 aromatic rings. The van der Waals surface area contributed by atoms with Crippen LogP contribution in [0.5, 0.6) is 0 Å². The molecule has 54 valence electrons. The van der Waals surface area contributed by atoms with Crippen LogP contribution in [0.3, 0.4) is 0 Å². The summed E-state index contributed by atoms with van der Waals surface area (Å²) in [6.45, 7) is 0. The topological polar surface area (TPSA) is 77.6 Å². The van der Waals surface area contributed by atoms with E-state index in [-0.39, 0.29) is 5.89 Å². The van der Waals surface area contributed by atoms with Gasteiger partial charge in [0.05, 0.1) is 6.20 Å². The average Bonchev–Trinajstić information content (AvgIpc) is 2.58. The fourth-order valence-corrected chi connectivity index (χ4v) is 0.616. The summed E-state index contributed by atoms with van der Waals surface area (Å²) >= 11 is 0. The van der Waals surface area contributed by atoms with Crippen molar-refractivity contribution >= 4 is 0 Å². The highest BCUT2D eigenvalue weighted by molar-refractivity contribution is 5.35. The fourth-order valence-electron chi connectivity index (χ4n) is 0.616. The van der Waals surface area contributed by atoms with Gasteiger partial charge in [-0.25, -0.2) is 4.98 Å². The molecule has 6 heteroatoms. The molecule has 0 bridgehead atoms. The molecule has 0 aliphatic rings. The monoisotopic (exact) mass is 149 g/mol. The molecule has 0 amide bonds. The van der Waals surface area contributed by atoms with Gasteiger partial charge >= 0.3 is 0 Å². The highest BCUT2D eigenvalue weighted by Gasteiger charge is 2.04. The second-order valence-electron chi connectivity index (χ2n) is 1.71. The summed E-state index contributed by atoms with van der Waals surface area (Å²) in [5.74, 6) is 0.614. The van der Waals surface area contributed by atoms with Gasteiger partial charge in [-0.05, 0) is 0 Å². The molecule has 0 atom stereocenters. The van der Waals surface area contributed by atoms with E-state index in [0.29, 0.717) is 5.82 Å². The summed E-state index contributed by atoms with van der Waals surface area (Å²) in [6.07, 6.45) is 4.19. The number of hydrogen-bond acceptors (Lipinski definition) is 6. The molecule has 0 N–H and O–H groups in total. The Bertz CT molecular complexity index is 318. The van der Waals surface area contributed by atoms with E-state index < -0.39 is 0 Å². The van der Waals surface area contributed by atoms with Crippen molar-refractivity contribution in [2.45, 2.75) is 0 Å². The predicted octanol–water partition coefficient (Wildman–Crippen LogP) is -0.0784. The van der Waals surface area contributed by atoms with Crippen LogP contribution in [-0.4, -0.2) is 25.4 Å². The first-order valence-corrected chi connectivity index (χ1v) is 2.87. The predicted molar refractivity (Wildman–Crippen MR) is 33.1 cm³/mol. The Hall–Kier alpha value is -1.85. The molecule has 2 heterocycles. The zero-order chi connectivity index (χ0) is 7.52. The zero-order valence-electron chi connectivity index (χ0n) is 5.38. The third kappa shape index (κ3) is 1.05. The minimum Gasteiger partial charge on any atom is -0.421 e. The third-order valence-electron chi connectivity index (χ3n) is 1.03. The first kappa shape index (κ1) is 5.90. The molecular weight excluding hydrogens is 146 g/mol. The van der Waals surface area contributed by atoms with Crippen LogP contribution < -0.4 is 0 Å². The number of nitrogens with zero attached hydrogens (tertiary/aromatic N) is 5. The lowest BCUT2D eigenvalue weighted by molar-refractivity contribution is 0.562. The van der Waals surface area contributed by atoms with Crippen LogP contribution in [-0.2, 0) is 0 Å². The van der Waals surface area contributed by atoms with Crippen LogP contribution in [0.4, 0.5) is 0 Å². The Morgan fingerprint density at radius 1 is 1.09 bits per heavy atom. The van der Waals surface area contributed by atoms with E-state index in [1.165, 1.54) is 18.8 Å². The summed E-state index contributed by atoms with van der Waals surface area (Å²) in [5, 5.41) is 14.3. The number of rotatable bonds is 1. The first-order chi connectivity index (χ1) is 5.47. The van der Waals surface area contributed by atoms with E-state index in [0.717, 1.165) is 0 Å². The second kappa shape index (κ2) is 2.41. The van der Waals surface area contributed by atoms with E-state index in [1.54, 1.807) is 0 Å².